The molecule has 4 aromatic rings. The Morgan fingerprint density at radius 1 is 0.367 bits per heavy atom. The van der Waals surface area contributed by atoms with Gasteiger partial charge in [0.25, 0.3) is 0 Å². The van der Waals surface area contributed by atoms with Crippen LogP contribution >= 0.6 is 0 Å². The summed E-state index contributed by atoms with van der Waals surface area (Å²) in [6.45, 7) is 8.94. The highest BCUT2D eigenvalue weighted by Gasteiger charge is 2.06. The molecular formula is C30H30. The fourth-order valence-corrected chi connectivity index (χ4v) is 3.88. The van der Waals surface area contributed by atoms with E-state index in [1.807, 2.05) is 0 Å². The van der Waals surface area contributed by atoms with E-state index < -0.39 is 0 Å². The third kappa shape index (κ3) is 4.39. The maximum Gasteiger partial charge on any atom is -0.0178 e. The van der Waals surface area contributed by atoms with E-state index >= 15 is 0 Å². The van der Waals surface area contributed by atoms with Crippen molar-refractivity contribution in [2.24, 2.45) is 0 Å². The molecule has 0 heterocycles. The highest BCUT2D eigenvalue weighted by Crippen LogP contribution is 2.31. The van der Waals surface area contributed by atoms with Crippen molar-refractivity contribution in [3.63, 3.8) is 0 Å². The summed E-state index contributed by atoms with van der Waals surface area (Å²) in [6.07, 6.45) is 0. The molecule has 0 amide bonds. The predicted octanol–water partition coefficient (Wildman–Crippen LogP) is 8.93. The van der Waals surface area contributed by atoms with Gasteiger partial charge in [-0.05, 0) is 68.5 Å². The molecule has 0 heteroatoms. The quantitative estimate of drug-likeness (QED) is 0.319. The van der Waals surface area contributed by atoms with Gasteiger partial charge < -0.3 is 0 Å². The highest BCUT2D eigenvalue weighted by atomic mass is 14.1. The van der Waals surface area contributed by atoms with Gasteiger partial charge >= 0.3 is 0 Å². The monoisotopic (exact) mass is 390 g/mol. The minimum Gasteiger partial charge on any atom is -0.0610 e. The molecule has 0 bridgehead atoms. The molecule has 0 atom stereocenters. The summed E-state index contributed by atoms with van der Waals surface area (Å²) < 4.78 is 0. The molecule has 0 saturated heterocycles. The van der Waals surface area contributed by atoms with E-state index in [1.54, 1.807) is 0 Å². The molecule has 0 radical (unpaired) electrons. The Bertz CT molecular complexity index is 1020. The van der Waals surface area contributed by atoms with Crippen molar-refractivity contribution in [2.75, 3.05) is 0 Å². The molecule has 0 aliphatic heterocycles. The number of hydrogen-bond donors (Lipinski definition) is 0. The normalized spacial score (nSPS) is 11.3. The van der Waals surface area contributed by atoms with Gasteiger partial charge in [-0.1, -0.05) is 113 Å². The molecule has 0 aliphatic carbocycles. The van der Waals surface area contributed by atoms with Crippen LogP contribution in [-0.4, -0.2) is 0 Å². The fourth-order valence-electron chi connectivity index (χ4n) is 3.88. The van der Waals surface area contributed by atoms with E-state index in [1.165, 1.54) is 44.5 Å². The molecule has 4 rings (SSSR count). The minimum absolute atomic E-state index is 0.558. The third-order valence-electron chi connectivity index (χ3n) is 5.88. The second-order valence-corrected chi connectivity index (χ2v) is 8.72. The number of benzene rings is 4. The largest absolute Gasteiger partial charge is 0.0610 e. The van der Waals surface area contributed by atoms with Crippen molar-refractivity contribution in [3.05, 3.63) is 108 Å². The lowest BCUT2D eigenvalue weighted by atomic mass is 9.94. The summed E-state index contributed by atoms with van der Waals surface area (Å²) in [5, 5.41) is 0. The number of hydrogen-bond acceptors (Lipinski definition) is 0. The smallest absolute Gasteiger partial charge is 0.0178 e. The zero-order chi connectivity index (χ0) is 21.1. The zero-order valence-electron chi connectivity index (χ0n) is 18.4. The topological polar surface area (TPSA) is 0 Å². The van der Waals surface area contributed by atoms with Gasteiger partial charge in [0.05, 0.1) is 0 Å². The number of rotatable bonds is 5. The van der Waals surface area contributed by atoms with Crippen LogP contribution in [0, 0.1) is 0 Å². The van der Waals surface area contributed by atoms with Crippen LogP contribution in [0.5, 0.6) is 0 Å². The van der Waals surface area contributed by atoms with Crippen LogP contribution < -0.4 is 0 Å². The van der Waals surface area contributed by atoms with Crippen LogP contribution in [0.1, 0.15) is 50.7 Å². The fraction of sp³-hybridized carbons (Fsp3) is 0.200. The minimum atomic E-state index is 0.558. The Labute approximate surface area is 181 Å². The Morgan fingerprint density at radius 3 is 0.967 bits per heavy atom. The lowest BCUT2D eigenvalue weighted by Crippen LogP contribution is -1.88. The second kappa shape index (κ2) is 8.71. The average Bonchev–Trinajstić information content (AvgIpc) is 2.79. The average molecular weight is 391 g/mol. The Balaban J connectivity index is 1.65. The van der Waals surface area contributed by atoms with Crippen LogP contribution in [-0.2, 0) is 0 Å². The first-order valence-electron chi connectivity index (χ1n) is 10.9. The van der Waals surface area contributed by atoms with Gasteiger partial charge in [0.15, 0.2) is 0 Å². The molecule has 0 fully saturated rings. The zero-order valence-corrected chi connectivity index (χ0v) is 18.4. The first kappa shape index (κ1) is 20.2. The maximum atomic E-state index is 2.30. The summed E-state index contributed by atoms with van der Waals surface area (Å²) >= 11 is 0. The molecule has 0 aliphatic rings. The lowest BCUT2D eigenvalue weighted by Gasteiger charge is -2.11. The van der Waals surface area contributed by atoms with E-state index in [4.69, 9.17) is 0 Å². The first-order chi connectivity index (χ1) is 14.5. The van der Waals surface area contributed by atoms with Gasteiger partial charge in [-0.2, -0.15) is 0 Å². The van der Waals surface area contributed by atoms with E-state index in [0.717, 1.165) is 0 Å². The van der Waals surface area contributed by atoms with Crippen molar-refractivity contribution in [1.29, 1.82) is 0 Å². The van der Waals surface area contributed by atoms with Crippen LogP contribution in [0.4, 0.5) is 0 Å². The van der Waals surface area contributed by atoms with Gasteiger partial charge in [0.1, 0.15) is 0 Å². The molecule has 0 nitrogen and oxygen atoms in total. The predicted molar refractivity (Wildman–Crippen MR) is 131 cm³/mol. The van der Waals surface area contributed by atoms with Crippen molar-refractivity contribution >= 4 is 0 Å². The molecular weight excluding hydrogens is 360 g/mol. The lowest BCUT2D eigenvalue weighted by molar-refractivity contribution is 0.867. The van der Waals surface area contributed by atoms with Crippen molar-refractivity contribution in [3.8, 4) is 33.4 Å². The standard InChI is InChI=1S/C30H30/c1-21(2)23-11-15-25(16-12-23)27-7-5-9-29(19-27)30-10-6-8-28(20-30)26-17-13-24(14-18-26)22(3)4/h5-22H,1-4H3. The summed E-state index contributed by atoms with van der Waals surface area (Å²) in [6, 6.07) is 35.6. The van der Waals surface area contributed by atoms with Crippen LogP contribution in [0.25, 0.3) is 33.4 Å². The van der Waals surface area contributed by atoms with E-state index in [0.29, 0.717) is 11.8 Å². The van der Waals surface area contributed by atoms with E-state index in [-0.39, 0.29) is 0 Å². The summed E-state index contributed by atoms with van der Waals surface area (Å²) in [5.41, 5.74) is 10.3. The summed E-state index contributed by atoms with van der Waals surface area (Å²) in [7, 11) is 0. The van der Waals surface area contributed by atoms with E-state index in [9.17, 15) is 0 Å². The molecule has 150 valence electrons. The summed E-state index contributed by atoms with van der Waals surface area (Å²) in [4.78, 5) is 0. The highest BCUT2D eigenvalue weighted by molar-refractivity contribution is 5.77. The van der Waals surface area contributed by atoms with Crippen LogP contribution in [0.15, 0.2) is 97.1 Å². The van der Waals surface area contributed by atoms with Crippen molar-refractivity contribution in [1.82, 2.24) is 0 Å². The molecule has 0 N–H and O–H groups in total. The Morgan fingerprint density at radius 2 is 0.667 bits per heavy atom. The van der Waals surface area contributed by atoms with Crippen LogP contribution in [0.2, 0.25) is 0 Å². The second-order valence-electron chi connectivity index (χ2n) is 8.72. The Hall–Kier alpha value is -3.12. The summed E-state index contributed by atoms with van der Waals surface area (Å²) in [5.74, 6) is 1.12. The van der Waals surface area contributed by atoms with Crippen molar-refractivity contribution in [2.45, 2.75) is 39.5 Å². The molecule has 0 saturated carbocycles. The van der Waals surface area contributed by atoms with Gasteiger partial charge in [-0.3, -0.25) is 0 Å². The molecule has 0 spiro atoms. The SMILES string of the molecule is CC(C)c1ccc(-c2cccc(-c3cccc(-c4ccc(C(C)C)cc4)c3)c2)cc1. The van der Waals surface area contributed by atoms with Gasteiger partial charge in [-0.15, -0.1) is 0 Å². The maximum absolute atomic E-state index is 2.30. The molecule has 30 heavy (non-hydrogen) atoms. The van der Waals surface area contributed by atoms with Gasteiger partial charge in [0.2, 0.25) is 0 Å². The van der Waals surface area contributed by atoms with E-state index in [2.05, 4.69) is 125 Å². The van der Waals surface area contributed by atoms with Crippen LogP contribution in [0.3, 0.4) is 0 Å². The molecule has 0 unspecified atom stereocenters. The molecule has 4 aromatic carbocycles. The van der Waals surface area contributed by atoms with Gasteiger partial charge in [-0.25, -0.2) is 0 Å². The van der Waals surface area contributed by atoms with Crippen molar-refractivity contribution < 1.29 is 0 Å². The third-order valence-corrected chi connectivity index (χ3v) is 5.88. The van der Waals surface area contributed by atoms with Gasteiger partial charge in [0, 0.05) is 0 Å². The first-order valence-corrected chi connectivity index (χ1v) is 10.9. The Kier molecular flexibility index (Phi) is 5.86. The molecule has 0 aromatic heterocycles.